The number of hydrogen-bond acceptors (Lipinski definition) is 1. The molecule has 1 fully saturated rings. The van der Waals surface area contributed by atoms with Crippen LogP contribution in [0.1, 0.15) is 32.3 Å². The maximum atomic E-state index is 5.93. The Kier molecular flexibility index (Phi) is 3.03. The van der Waals surface area contributed by atoms with Crippen LogP contribution < -0.4 is 5.32 Å². The highest BCUT2D eigenvalue weighted by Crippen LogP contribution is 2.38. The van der Waals surface area contributed by atoms with Gasteiger partial charge >= 0.3 is 0 Å². The van der Waals surface area contributed by atoms with Gasteiger partial charge in [0.2, 0.25) is 0 Å². The summed E-state index contributed by atoms with van der Waals surface area (Å²) in [5.74, 6) is 0. The fraction of sp³-hybridized carbons (Fsp3) is 0.538. The Bertz CT molecular complexity index is 333. The standard InChI is InChI=1S/C13H18ClN/c1-3-13(8-9-15-10(13)2)11-4-6-12(14)7-5-11/h4-7,10,15H,3,8-9H2,1-2H3. The van der Waals surface area contributed by atoms with Gasteiger partial charge in [0, 0.05) is 16.5 Å². The SMILES string of the molecule is CCC1(c2ccc(Cl)cc2)CCNC1C. The molecular weight excluding hydrogens is 206 g/mol. The van der Waals surface area contributed by atoms with E-state index in [-0.39, 0.29) is 0 Å². The first kappa shape index (κ1) is 11.0. The third kappa shape index (κ3) is 1.79. The van der Waals surface area contributed by atoms with Gasteiger partial charge < -0.3 is 5.32 Å². The molecule has 1 aromatic carbocycles. The summed E-state index contributed by atoms with van der Waals surface area (Å²) in [7, 11) is 0. The first-order chi connectivity index (χ1) is 7.19. The van der Waals surface area contributed by atoms with E-state index in [4.69, 9.17) is 11.6 Å². The van der Waals surface area contributed by atoms with Gasteiger partial charge in [-0.25, -0.2) is 0 Å². The zero-order chi connectivity index (χ0) is 10.9. The number of hydrogen-bond donors (Lipinski definition) is 1. The Morgan fingerprint density at radius 2 is 2.07 bits per heavy atom. The lowest BCUT2D eigenvalue weighted by Crippen LogP contribution is -2.37. The maximum Gasteiger partial charge on any atom is 0.0406 e. The van der Waals surface area contributed by atoms with Gasteiger partial charge in [0.25, 0.3) is 0 Å². The summed E-state index contributed by atoms with van der Waals surface area (Å²) in [5.41, 5.74) is 1.73. The van der Waals surface area contributed by atoms with E-state index < -0.39 is 0 Å². The highest BCUT2D eigenvalue weighted by molar-refractivity contribution is 6.30. The van der Waals surface area contributed by atoms with Crippen LogP contribution in [0.15, 0.2) is 24.3 Å². The summed E-state index contributed by atoms with van der Waals surface area (Å²) in [6, 6.07) is 8.91. The summed E-state index contributed by atoms with van der Waals surface area (Å²) in [4.78, 5) is 0. The Morgan fingerprint density at radius 3 is 2.53 bits per heavy atom. The maximum absolute atomic E-state index is 5.93. The zero-order valence-corrected chi connectivity index (χ0v) is 10.1. The van der Waals surface area contributed by atoms with Gasteiger partial charge in [-0.05, 0) is 44.0 Å². The third-order valence-electron chi connectivity index (χ3n) is 3.90. The van der Waals surface area contributed by atoms with Gasteiger partial charge in [-0.15, -0.1) is 0 Å². The predicted octanol–water partition coefficient (Wildman–Crippen LogP) is 3.37. The second kappa shape index (κ2) is 4.15. The Balaban J connectivity index is 2.37. The summed E-state index contributed by atoms with van der Waals surface area (Å²) >= 11 is 5.93. The molecule has 0 radical (unpaired) electrons. The van der Waals surface area contributed by atoms with Crippen LogP contribution in [0.25, 0.3) is 0 Å². The van der Waals surface area contributed by atoms with Gasteiger partial charge in [0.15, 0.2) is 0 Å². The molecule has 15 heavy (non-hydrogen) atoms. The molecule has 2 heteroatoms. The molecule has 1 aliphatic rings. The van der Waals surface area contributed by atoms with Gasteiger partial charge in [-0.3, -0.25) is 0 Å². The van der Waals surface area contributed by atoms with Crippen molar-refractivity contribution in [3.05, 3.63) is 34.9 Å². The fourth-order valence-electron chi connectivity index (χ4n) is 2.79. The van der Waals surface area contributed by atoms with Crippen molar-refractivity contribution in [1.82, 2.24) is 5.32 Å². The molecule has 0 aromatic heterocycles. The minimum atomic E-state index is 0.310. The summed E-state index contributed by atoms with van der Waals surface area (Å²) in [5, 5.41) is 4.36. The van der Waals surface area contributed by atoms with Crippen molar-refractivity contribution in [2.24, 2.45) is 0 Å². The number of halogens is 1. The fourth-order valence-corrected chi connectivity index (χ4v) is 2.91. The molecule has 0 spiro atoms. The number of benzene rings is 1. The van der Waals surface area contributed by atoms with E-state index in [2.05, 4.69) is 31.3 Å². The summed E-state index contributed by atoms with van der Waals surface area (Å²) in [6.45, 7) is 5.68. The molecule has 82 valence electrons. The van der Waals surface area contributed by atoms with Gasteiger partial charge in [0.1, 0.15) is 0 Å². The topological polar surface area (TPSA) is 12.0 Å². The predicted molar refractivity (Wildman–Crippen MR) is 65.5 cm³/mol. The molecule has 0 aliphatic carbocycles. The molecule has 1 saturated heterocycles. The number of nitrogens with one attached hydrogen (secondary N) is 1. The monoisotopic (exact) mass is 223 g/mol. The van der Waals surface area contributed by atoms with Crippen molar-refractivity contribution in [3.63, 3.8) is 0 Å². The largest absolute Gasteiger partial charge is 0.313 e. The third-order valence-corrected chi connectivity index (χ3v) is 4.15. The van der Waals surface area contributed by atoms with Crippen molar-refractivity contribution in [2.45, 2.75) is 38.1 Å². The van der Waals surface area contributed by atoms with Crippen LogP contribution in [0.3, 0.4) is 0 Å². The zero-order valence-electron chi connectivity index (χ0n) is 9.39. The minimum Gasteiger partial charge on any atom is -0.313 e. The molecular formula is C13H18ClN. The van der Waals surface area contributed by atoms with E-state index in [9.17, 15) is 0 Å². The lowest BCUT2D eigenvalue weighted by atomic mass is 9.73. The molecule has 1 heterocycles. The molecule has 1 N–H and O–H groups in total. The quantitative estimate of drug-likeness (QED) is 0.811. The van der Waals surface area contributed by atoms with Crippen molar-refractivity contribution >= 4 is 11.6 Å². The van der Waals surface area contributed by atoms with Gasteiger partial charge in [0.05, 0.1) is 0 Å². The summed E-state index contributed by atoms with van der Waals surface area (Å²) < 4.78 is 0. The highest BCUT2D eigenvalue weighted by atomic mass is 35.5. The molecule has 0 amide bonds. The Hall–Kier alpha value is -0.530. The van der Waals surface area contributed by atoms with Gasteiger partial charge in [-0.2, -0.15) is 0 Å². The van der Waals surface area contributed by atoms with Crippen LogP contribution in [0.4, 0.5) is 0 Å². The first-order valence-corrected chi connectivity index (χ1v) is 6.06. The first-order valence-electron chi connectivity index (χ1n) is 5.68. The molecule has 1 aliphatic heterocycles. The van der Waals surface area contributed by atoms with E-state index in [1.165, 1.54) is 18.4 Å². The number of rotatable bonds is 2. The van der Waals surface area contributed by atoms with E-state index in [1.807, 2.05) is 12.1 Å². The van der Waals surface area contributed by atoms with Crippen molar-refractivity contribution < 1.29 is 0 Å². The normalized spacial score (nSPS) is 30.7. The minimum absolute atomic E-state index is 0.310. The molecule has 2 unspecified atom stereocenters. The lowest BCUT2D eigenvalue weighted by Gasteiger charge is -2.32. The molecule has 1 nitrogen and oxygen atoms in total. The van der Waals surface area contributed by atoms with Crippen LogP contribution in [0.5, 0.6) is 0 Å². The van der Waals surface area contributed by atoms with Crippen LogP contribution in [0.2, 0.25) is 5.02 Å². The van der Waals surface area contributed by atoms with Crippen LogP contribution in [0, 0.1) is 0 Å². The second-order valence-electron chi connectivity index (χ2n) is 4.44. The molecule has 2 atom stereocenters. The molecule has 0 saturated carbocycles. The lowest BCUT2D eigenvalue weighted by molar-refractivity contribution is 0.374. The van der Waals surface area contributed by atoms with Gasteiger partial charge in [-0.1, -0.05) is 30.7 Å². The molecule has 1 aromatic rings. The average Bonchev–Trinajstić information content (AvgIpc) is 2.62. The van der Waals surface area contributed by atoms with E-state index in [1.54, 1.807) is 0 Å². The van der Waals surface area contributed by atoms with Crippen LogP contribution in [-0.4, -0.2) is 12.6 Å². The summed E-state index contributed by atoms with van der Waals surface area (Å²) in [6.07, 6.45) is 2.41. The second-order valence-corrected chi connectivity index (χ2v) is 4.88. The Morgan fingerprint density at radius 1 is 1.40 bits per heavy atom. The van der Waals surface area contributed by atoms with Crippen LogP contribution >= 0.6 is 11.6 Å². The van der Waals surface area contributed by atoms with Crippen molar-refractivity contribution in [3.8, 4) is 0 Å². The van der Waals surface area contributed by atoms with Crippen molar-refractivity contribution in [2.75, 3.05) is 6.54 Å². The van der Waals surface area contributed by atoms with Crippen LogP contribution in [-0.2, 0) is 5.41 Å². The molecule has 2 rings (SSSR count). The van der Waals surface area contributed by atoms with E-state index in [0.29, 0.717) is 11.5 Å². The van der Waals surface area contributed by atoms with Crippen molar-refractivity contribution in [1.29, 1.82) is 0 Å². The highest BCUT2D eigenvalue weighted by Gasteiger charge is 2.39. The van der Waals surface area contributed by atoms with E-state index in [0.717, 1.165) is 11.6 Å². The molecule has 0 bridgehead atoms. The average molecular weight is 224 g/mol. The Labute approximate surface area is 96.8 Å². The van der Waals surface area contributed by atoms with E-state index >= 15 is 0 Å². The smallest absolute Gasteiger partial charge is 0.0406 e.